The van der Waals surface area contributed by atoms with Crippen molar-refractivity contribution in [3.05, 3.63) is 59.8 Å². The van der Waals surface area contributed by atoms with E-state index >= 15 is 0 Å². The van der Waals surface area contributed by atoms with Gasteiger partial charge in [0, 0.05) is 5.57 Å². The standard InChI is InChI=1S/C18H22N2O/c1-12(16-11-10-15(19)17(20-16)21-5)13-6-8-14(9-7-13)18(2,3)4/h6-11H,1,19H2,2-5H3. The normalized spacial score (nSPS) is 11.2. The van der Waals surface area contributed by atoms with E-state index in [4.69, 9.17) is 10.5 Å². The molecule has 0 aliphatic heterocycles. The molecule has 3 heteroatoms. The van der Waals surface area contributed by atoms with Gasteiger partial charge in [0.05, 0.1) is 18.5 Å². The molecule has 1 aromatic heterocycles. The predicted octanol–water partition coefficient (Wildman–Crippen LogP) is 4.03. The van der Waals surface area contributed by atoms with Crippen LogP contribution in [0.4, 0.5) is 5.69 Å². The third kappa shape index (κ3) is 3.24. The zero-order valence-corrected chi connectivity index (χ0v) is 13.1. The minimum Gasteiger partial charge on any atom is -0.480 e. The van der Waals surface area contributed by atoms with Gasteiger partial charge in [0.25, 0.3) is 0 Å². The molecule has 2 N–H and O–H groups in total. The number of methoxy groups -OCH3 is 1. The zero-order chi connectivity index (χ0) is 15.6. The molecular formula is C18H22N2O. The first-order chi connectivity index (χ1) is 9.82. The smallest absolute Gasteiger partial charge is 0.237 e. The summed E-state index contributed by atoms with van der Waals surface area (Å²) in [4.78, 5) is 4.39. The summed E-state index contributed by atoms with van der Waals surface area (Å²) in [6, 6.07) is 12.1. The molecule has 0 saturated heterocycles. The van der Waals surface area contributed by atoms with Crippen LogP contribution in [0.3, 0.4) is 0 Å². The van der Waals surface area contributed by atoms with Crippen molar-refractivity contribution in [2.24, 2.45) is 0 Å². The van der Waals surface area contributed by atoms with E-state index in [-0.39, 0.29) is 5.41 Å². The Hall–Kier alpha value is -2.29. The van der Waals surface area contributed by atoms with Crippen LogP contribution in [-0.2, 0) is 5.41 Å². The van der Waals surface area contributed by atoms with Gasteiger partial charge >= 0.3 is 0 Å². The molecule has 0 bridgehead atoms. The molecule has 0 spiro atoms. The van der Waals surface area contributed by atoms with Crippen LogP contribution in [0.2, 0.25) is 0 Å². The molecule has 1 heterocycles. The van der Waals surface area contributed by atoms with Gasteiger partial charge in [-0.1, -0.05) is 51.6 Å². The first kappa shape index (κ1) is 15.1. The molecule has 0 radical (unpaired) electrons. The fourth-order valence-electron chi connectivity index (χ4n) is 2.10. The minimum atomic E-state index is 0.141. The lowest BCUT2D eigenvalue weighted by atomic mass is 9.86. The molecule has 1 aromatic carbocycles. The Balaban J connectivity index is 2.32. The number of rotatable bonds is 3. The third-order valence-corrected chi connectivity index (χ3v) is 3.49. The fraction of sp³-hybridized carbons (Fsp3) is 0.278. The molecule has 2 aromatic rings. The quantitative estimate of drug-likeness (QED) is 0.924. The lowest BCUT2D eigenvalue weighted by Crippen LogP contribution is -2.10. The highest BCUT2D eigenvalue weighted by Crippen LogP contribution is 2.28. The van der Waals surface area contributed by atoms with Crippen molar-refractivity contribution in [2.45, 2.75) is 26.2 Å². The van der Waals surface area contributed by atoms with Crippen LogP contribution in [0.15, 0.2) is 43.0 Å². The van der Waals surface area contributed by atoms with E-state index in [9.17, 15) is 0 Å². The van der Waals surface area contributed by atoms with E-state index in [0.717, 1.165) is 16.8 Å². The van der Waals surface area contributed by atoms with Gasteiger partial charge in [-0.25, -0.2) is 4.98 Å². The van der Waals surface area contributed by atoms with Crippen molar-refractivity contribution < 1.29 is 4.74 Å². The molecule has 0 aliphatic rings. The summed E-state index contributed by atoms with van der Waals surface area (Å²) in [5.74, 6) is 0.431. The predicted molar refractivity (Wildman–Crippen MR) is 88.5 cm³/mol. The highest BCUT2D eigenvalue weighted by molar-refractivity contribution is 5.77. The summed E-state index contributed by atoms with van der Waals surface area (Å²) < 4.78 is 5.16. The van der Waals surface area contributed by atoms with Crippen molar-refractivity contribution >= 4 is 11.3 Å². The molecular weight excluding hydrogens is 260 g/mol. The molecule has 0 fully saturated rings. The Morgan fingerprint density at radius 1 is 1.10 bits per heavy atom. The number of ether oxygens (including phenoxy) is 1. The van der Waals surface area contributed by atoms with Crippen LogP contribution in [0.5, 0.6) is 5.88 Å². The van der Waals surface area contributed by atoms with Crippen LogP contribution in [-0.4, -0.2) is 12.1 Å². The van der Waals surface area contributed by atoms with Gasteiger partial charge < -0.3 is 10.5 Å². The minimum absolute atomic E-state index is 0.141. The summed E-state index contributed by atoms with van der Waals surface area (Å²) in [6.45, 7) is 10.7. The molecule has 0 atom stereocenters. The largest absolute Gasteiger partial charge is 0.480 e. The van der Waals surface area contributed by atoms with E-state index in [2.05, 4.69) is 56.6 Å². The Labute approximate surface area is 126 Å². The van der Waals surface area contributed by atoms with Gasteiger partial charge in [0.15, 0.2) is 0 Å². The Morgan fingerprint density at radius 2 is 1.71 bits per heavy atom. The summed E-state index contributed by atoms with van der Waals surface area (Å²) in [6.07, 6.45) is 0. The number of hydrogen-bond donors (Lipinski definition) is 1. The number of benzene rings is 1. The van der Waals surface area contributed by atoms with Gasteiger partial charge in [0.1, 0.15) is 0 Å². The summed E-state index contributed by atoms with van der Waals surface area (Å²) in [5, 5.41) is 0. The molecule has 0 amide bonds. The highest BCUT2D eigenvalue weighted by atomic mass is 16.5. The molecule has 110 valence electrons. The van der Waals surface area contributed by atoms with Crippen molar-refractivity contribution in [3.63, 3.8) is 0 Å². The summed E-state index contributed by atoms with van der Waals surface area (Å²) in [7, 11) is 1.56. The molecule has 0 aliphatic carbocycles. The average Bonchev–Trinajstić information content (AvgIpc) is 2.46. The summed E-state index contributed by atoms with van der Waals surface area (Å²) >= 11 is 0. The fourth-order valence-corrected chi connectivity index (χ4v) is 2.10. The van der Waals surface area contributed by atoms with Crippen molar-refractivity contribution in [3.8, 4) is 5.88 Å². The molecule has 21 heavy (non-hydrogen) atoms. The number of aromatic nitrogens is 1. The SMILES string of the molecule is C=C(c1ccc(C(C)(C)C)cc1)c1ccc(N)c(OC)n1. The maximum Gasteiger partial charge on any atom is 0.237 e. The van der Waals surface area contributed by atoms with E-state index in [1.54, 1.807) is 13.2 Å². The van der Waals surface area contributed by atoms with Crippen LogP contribution < -0.4 is 10.5 Å². The molecule has 0 unspecified atom stereocenters. The number of hydrogen-bond acceptors (Lipinski definition) is 3. The first-order valence-electron chi connectivity index (χ1n) is 6.93. The van der Waals surface area contributed by atoms with Crippen LogP contribution >= 0.6 is 0 Å². The number of pyridine rings is 1. The lowest BCUT2D eigenvalue weighted by Gasteiger charge is -2.19. The van der Waals surface area contributed by atoms with Crippen molar-refractivity contribution in [2.75, 3.05) is 12.8 Å². The van der Waals surface area contributed by atoms with Gasteiger partial charge in [0.2, 0.25) is 5.88 Å². The monoisotopic (exact) mass is 282 g/mol. The lowest BCUT2D eigenvalue weighted by molar-refractivity contribution is 0.400. The van der Waals surface area contributed by atoms with E-state index in [1.807, 2.05) is 6.07 Å². The second-order valence-electron chi connectivity index (χ2n) is 6.10. The summed E-state index contributed by atoms with van der Waals surface area (Å²) in [5.41, 5.74) is 10.4. The van der Waals surface area contributed by atoms with Gasteiger partial charge in [-0.05, 0) is 28.7 Å². The Bertz CT molecular complexity index is 652. The van der Waals surface area contributed by atoms with Gasteiger partial charge in [-0.3, -0.25) is 0 Å². The van der Waals surface area contributed by atoms with Crippen LogP contribution in [0.25, 0.3) is 5.57 Å². The van der Waals surface area contributed by atoms with Crippen molar-refractivity contribution in [1.29, 1.82) is 0 Å². The van der Waals surface area contributed by atoms with Crippen LogP contribution in [0, 0.1) is 0 Å². The molecule has 3 nitrogen and oxygen atoms in total. The molecule has 2 rings (SSSR count). The topological polar surface area (TPSA) is 48.1 Å². The number of nitrogens with zero attached hydrogens (tertiary/aromatic N) is 1. The van der Waals surface area contributed by atoms with E-state index in [0.29, 0.717) is 11.6 Å². The third-order valence-electron chi connectivity index (χ3n) is 3.49. The number of nitrogens with two attached hydrogens (primary N) is 1. The maximum absolute atomic E-state index is 5.79. The first-order valence-corrected chi connectivity index (χ1v) is 6.93. The van der Waals surface area contributed by atoms with Crippen LogP contribution in [0.1, 0.15) is 37.6 Å². The van der Waals surface area contributed by atoms with Crippen molar-refractivity contribution in [1.82, 2.24) is 4.98 Å². The Kier molecular flexibility index (Phi) is 4.03. The van der Waals surface area contributed by atoms with Gasteiger partial charge in [-0.15, -0.1) is 0 Å². The molecule has 0 saturated carbocycles. The Morgan fingerprint density at radius 3 is 2.24 bits per heavy atom. The number of anilines is 1. The average molecular weight is 282 g/mol. The van der Waals surface area contributed by atoms with E-state index < -0.39 is 0 Å². The van der Waals surface area contributed by atoms with E-state index in [1.165, 1.54) is 5.56 Å². The number of nitrogen functional groups attached to an aromatic ring is 1. The van der Waals surface area contributed by atoms with Gasteiger partial charge in [-0.2, -0.15) is 0 Å². The second kappa shape index (κ2) is 5.60. The highest BCUT2D eigenvalue weighted by Gasteiger charge is 2.14. The second-order valence-corrected chi connectivity index (χ2v) is 6.10. The maximum atomic E-state index is 5.79. The zero-order valence-electron chi connectivity index (χ0n) is 13.1.